The highest BCUT2D eigenvalue weighted by atomic mass is 32.2. The number of amidine groups is 1. The van der Waals surface area contributed by atoms with Gasteiger partial charge in [0.1, 0.15) is 5.25 Å². The van der Waals surface area contributed by atoms with Gasteiger partial charge in [0.05, 0.1) is 18.4 Å². The van der Waals surface area contributed by atoms with E-state index in [0.717, 1.165) is 10.6 Å². The van der Waals surface area contributed by atoms with Gasteiger partial charge in [-0.3, -0.25) is 14.6 Å². The first kappa shape index (κ1) is 19.6. The Kier molecular flexibility index (Phi) is 6.10. The average Bonchev–Trinajstić information content (AvgIpc) is 3.00. The summed E-state index contributed by atoms with van der Waals surface area (Å²) in [6.45, 7) is 0. The number of methoxy groups -OCH3 is 1. The fourth-order valence-electron chi connectivity index (χ4n) is 2.75. The number of imide groups is 1. The number of nitrogens with one attached hydrogen (secondary N) is 1. The predicted molar refractivity (Wildman–Crippen MR) is 110 cm³/mol. The monoisotopic (exact) mass is 397 g/mol. The standard InChI is InChI=1S/C20H19N3O4S/c1-21-20(22-14-6-4-3-5-7-14)28-16-12-17(24)23(18(16)25)15-10-8-13(9-11-15)19(26)27-2/h3-11,16H,12H2,1-2H3,(H,21,22)/t16-/m0/s1. The molecule has 2 aromatic rings. The molecule has 2 amide bonds. The van der Waals surface area contributed by atoms with E-state index < -0.39 is 11.2 Å². The fourth-order valence-corrected chi connectivity index (χ4v) is 3.73. The number of amides is 2. The molecule has 0 aliphatic carbocycles. The lowest BCUT2D eigenvalue weighted by Gasteiger charge is -2.16. The van der Waals surface area contributed by atoms with Crippen molar-refractivity contribution < 1.29 is 19.1 Å². The Balaban J connectivity index is 1.71. The Morgan fingerprint density at radius 2 is 1.82 bits per heavy atom. The molecular formula is C20H19N3O4S. The number of ether oxygens (including phenoxy) is 1. The summed E-state index contributed by atoms with van der Waals surface area (Å²) >= 11 is 1.22. The number of carbonyl (C=O) groups excluding carboxylic acids is 3. The van der Waals surface area contributed by atoms with Gasteiger partial charge in [-0.05, 0) is 36.4 Å². The molecule has 0 aromatic heterocycles. The number of rotatable bonds is 4. The smallest absolute Gasteiger partial charge is 0.337 e. The average molecular weight is 397 g/mol. The van der Waals surface area contributed by atoms with Gasteiger partial charge in [-0.2, -0.15) is 0 Å². The van der Waals surface area contributed by atoms with Crippen LogP contribution in [0.5, 0.6) is 0 Å². The zero-order valence-electron chi connectivity index (χ0n) is 15.4. The summed E-state index contributed by atoms with van der Waals surface area (Å²) in [5, 5.41) is 3.14. The molecule has 0 radical (unpaired) electrons. The molecule has 1 heterocycles. The van der Waals surface area contributed by atoms with E-state index in [1.54, 1.807) is 19.2 Å². The number of benzene rings is 2. The van der Waals surface area contributed by atoms with Crippen molar-refractivity contribution in [1.82, 2.24) is 0 Å². The Morgan fingerprint density at radius 3 is 2.43 bits per heavy atom. The summed E-state index contributed by atoms with van der Waals surface area (Å²) in [7, 11) is 2.92. The van der Waals surface area contributed by atoms with Crippen molar-refractivity contribution in [3.05, 3.63) is 60.2 Å². The highest BCUT2D eigenvalue weighted by Gasteiger charge is 2.40. The summed E-state index contributed by atoms with van der Waals surface area (Å²) in [6, 6.07) is 15.7. The maximum Gasteiger partial charge on any atom is 0.337 e. The third-order valence-corrected chi connectivity index (χ3v) is 5.29. The number of carbonyl (C=O) groups is 3. The van der Waals surface area contributed by atoms with Crippen LogP contribution in [0, 0.1) is 0 Å². The number of para-hydroxylation sites is 1. The molecule has 7 nitrogen and oxygen atoms in total. The molecule has 0 spiro atoms. The third kappa shape index (κ3) is 4.23. The van der Waals surface area contributed by atoms with Crippen molar-refractivity contribution in [3.63, 3.8) is 0 Å². The van der Waals surface area contributed by atoms with Gasteiger partial charge in [0.2, 0.25) is 11.8 Å². The Labute approximate surface area is 166 Å². The predicted octanol–water partition coefficient (Wildman–Crippen LogP) is 2.94. The largest absolute Gasteiger partial charge is 0.465 e. The minimum Gasteiger partial charge on any atom is -0.465 e. The van der Waals surface area contributed by atoms with Crippen LogP contribution in [0.15, 0.2) is 59.6 Å². The highest BCUT2D eigenvalue weighted by Crippen LogP contribution is 2.31. The third-order valence-electron chi connectivity index (χ3n) is 4.13. The van der Waals surface area contributed by atoms with E-state index in [-0.39, 0.29) is 18.2 Å². The molecule has 1 aliphatic rings. The van der Waals surface area contributed by atoms with Crippen molar-refractivity contribution in [3.8, 4) is 0 Å². The first-order valence-corrected chi connectivity index (χ1v) is 9.42. The molecule has 1 aliphatic heterocycles. The van der Waals surface area contributed by atoms with Crippen LogP contribution < -0.4 is 10.2 Å². The van der Waals surface area contributed by atoms with E-state index in [1.165, 1.54) is 31.0 Å². The maximum absolute atomic E-state index is 12.8. The van der Waals surface area contributed by atoms with Gasteiger partial charge < -0.3 is 10.1 Å². The maximum atomic E-state index is 12.8. The fraction of sp³-hybridized carbons (Fsp3) is 0.200. The number of aliphatic imine (C=N–C) groups is 1. The topological polar surface area (TPSA) is 88.1 Å². The molecule has 0 unspecified atom stereocenters. The van der Waals surface area contributed by atoms with Gasteiger partial charge in [0, 0.05) is 19.2 Å². The molecular weight excluding hydrogens is 378 g/mol. The minimum absolute atomic E-state index is 0.0811. The summed E-state index contributed by atoms with van der Waals surface area (Å²) in [5.74, 6) is -1.07. The van der Waals surface area contributed by atoms with Crippen LogP contribution in [0.2, 0.25) is 0 Å². The molecule has 144 valence electrons. The molecule has 28 heavy (non-hydrogen) atoms. The van der Waals surface area contributed by atoms with E-state index in [1.807, 2.05) is 30.3 Å². The van der Waals surface area contributed by atoms with Gasteiger partial charge in [-0.25, -0.2) is 9.69 Å². The van der Waals surface area contributed by atoms with Crippen LogP contribution in [0.25, 0.3) is 0 Å². The highest BCUT2D eigenvalue weighted by molar-refractivity contribution is 8.15. The Morgan fingerprint density at radius 1 is 1.14 bits per heavy atom. The van der Waals surface area contributed by atoms with E-state index >= 15 is 0 Å². The zero-order chi connectivity index (χ0) is 20.1. The molecule has 1 fully saturated rings. The summed E-state index contributed by atoms with van der Waals surface area (Å²) in [4.78, 5) is 42.1. The molecule has 8 heteroatoms. The van der Waals surface area contributed by atoms with Crippen LogP contribution in [0.3, 0.4) is 0 Å². The van der Waals surface area contributed by atoms with Crippen LogP contribution in [0.1, 0.15) is 16.8 Å². The van der Waals surface area contributed by atoms with Crippen molar-refractivity contribution in [2.45, 2.75) is 11.7 Å². The van der Waals surface area contributed by atoms with E-state index in [9.17, 15) is 14.4 Å². The van der Waals surface area contributed by atoms with Crippen LogP contribution >= 0.6 is 11.8 Å². The first-order chi connectivity index (χ1) is 13.5. The second-order valence-electron chi connectivity index (χ2n) is 5.94. The van der Waals surface area contributed by atoms with Crippen molar-refractivity contribution in [1.29, 1.82) is 0 Å². The lowest BCUT2D eigenvalue weighted by molar-refractivity contribution is -0.121. The van der Waals surface area contributed by atoms with Crippen LogP contribution in [0.4, 0.5) is 11.4 Å². The number of esters is 1. The van der Waals surface area contributed by atoms with Crippen LogP contribution in [-0.4, -0.2) is 42.4 Å². The molecule has 1 N–H and O–H groups in total. The Bertz CT molecular complexity index is 913. The molecule has 1 atom stereocenters. The van der Waals surface area contributed by atoms with Crippen molar-refractivity contribution in [2.24, 2.45) is 4.99 Å². The lowest BCUT2D eigenvalue weighted by Crippen LogP contribution is -2.31. The van der Waals surface area contributed by atoms with Gasteiger partial charge >= 0.3 is 5.97 Å². The second kappa shape index (κ2) is 8.71. The quantitative estimate of drug-likeness (QED) is 0.369. The molecule has 3 rings (SSSR count). The van der Waals surface area contributed by atoms with Gasteiger partial charge in [-0.1, -0.05) is 30.0 Å². The van der Waals surface area contributed by atoms with E-state index in [4.69, 9.17) is 0 Å². The number of hydrogen-bond donors (Lipinski definition) is 1. The molecule has 0 bridgehead atoms. The van der Waals surface area contributed by atoms with Gasteiger partial charge in [0.25, 0.3) is 0 Å². The number of thioether (sulfide) groups is 1. The molecule has 0 saturated carbocycles. The van der Waals surface area contributed by atoms with Gasteiger partial charge in [0.15, 0.2) is 5.17 Å². The molecule has 1 saturated heterocycles. The van der Waals surface area contributed by atoms with Crippen molar-refractivity contribution >= 4 is 46.1 Å². The van der Waals surface area contributed by atoms with E-state index in [0.29, 0.717) is 16.4 Å². The Hall–Kier alpha value is -3.13. The summed E-state index contributed by atoms with van der Waals surface area (Å²) < 4.78 is 4.66. The summed E-state index contributed by atoms with van der Waals surface area (Å²) in [5.41, 5.74) is 1.63. The van der Waals surface area contributed by atoms with E-state index in [2.05, 4.69) is 15.0 Å². The number of hydrogen-bond acceptors (Lipinski definition) is 6. The summed E-state index contributed by atoms with van der Waals surface area (Å²) in [6.07, 6.45) is 0.0811. The first-order valence-electron chi connectivity index (χ1n) is 8.54. The number of anilines is 2. The number of nitrogens with zero attached hydrogens (tertiary/aromatic N) is 2. The van der Waals surface area contributed by atoms with Crippen molar-refractivity contribution in [2.75, 3.05) is 24.4 Å². The van der Waals surface area contributed by atoms with Crippen LogP contribution in [-0.2, 0) is 14.3 Å². The molecule has 2 aromatic carbocycles. The SMILES string of the molecule is CN=C(Nc1ccccc1)S[C@H]1CC(=O)N(c2ccc(C(=O)OC)cc2)C1=O. The normalized spacial score (nSPS) is 17.0. The minimum atomic E-state index is -0.567. The lowest BCUT2D eigenvalue weighted by atomic mass is 10.2. The van der Waals surface area contributed by atoms with Gasteiger partial charge in [-0.15, -0.1) is 0 Å². The second-order valence-corrected chi connectivity index (χ2v) is 7.13. The zero-order valence-corrected chi connectivity index (χ0v) is 16.2.